The molecule has 0 fully saturated rings. The number of hydrogen-bond acceptors (Lipinski definition) is 2. The lowest BCUT2D eigenvalue weighted by molar-refractivity contribution is -0.135. The van der Waals surface area contributed by atoms with Crippen LogP contribution in [0.2, 0.25) is 0 Å². The second-order valence-corrected chi connectivity index (χ2v) is 5.91. The van der Waals surface area contributed by atoms with Crippen LogP contribution in [-0.2, 0) is 16.1 Å². The molecular formula is C18H19F2N3O2. The molecule has 2 heterocycles. The van der Waals surface area contributed by atoms with Gasteiger partial charge in [0.2, 0.25) is 11.8 Å². The van der Waals surface area contributed by atoms with Crippen LogP contribution in [0.5, 0.6) is 0 Å². The highest BCUT2D eigenvalue weighted by Gasteiger charge is 2.33. The Morgan fingerprint density at radius 3 is 2.76 bits per heavy atom. The molecule has 1 N–H and O–H groups in total. The molecule has 5 nitrogen and oxygen atoms in total. The Balaban J connectivity index is 1.94. The summed E-state index contributed by atoms with van der Waals surface area (Å²) >= 11 is 0. The number of carbonyl (C=O) groups is 2. The summed E-state index contributed by atoms with van der Waals surface area (Å²) in [5, 5.41) is 2.55. The van der Waals surface area contributed by atoms with E-state index < -0.39 is 17.7 Å². The minimum atomic E-state index is -0.699. The highest BCUT2D eigenvalue weighted by Crippen LogP contribution is 2.34. The normalized spacial score (nSPS) is 16.4. The van der Waals surface area contributed by atoms with Gasteiger partial charge in [-0.15, -0.1) is 0 Å². The van der Waals surface area contributed by atoms with E-state index in [-0.39, 0.29) is 30.3 Å². The number of benzene rings is 1. The molecule has 0 spiro atoms. The molecule has 1 aliphatic rings. The minimum absolute atomic E-state index is 0.146. The van der Waals surface area contributed by atoms with Gasteiger partial charge in [-0.2, -0.15) is 0 Å². The summed E-state index contributed by atoms with van der Waals surface area (Å²) in [5.41, 5.74) is 0.989. The smallest absolute Gasteiger partial charge is 0.242 e. The summed E-state index contributed by atoms with van der Waals surface area (Å²) in [7, 11) is 0. The number of carbonyl (C=O) groups excluding carboxylic acids is 2. The van der Waals surface area contributed by atoms with Crippen molar-refractivity contribution in [2.45, 2.75) is 25.9 Å². The third kappa shape index (κ3) is 3.40. The average molecular weight is 347 g/mol. The molecule has 7 heteroatoms. The molecule has 25 heavy (non-hydrogen) atoms. The van der Waals surface area contributed by atoms with Gasteiger partial charge in [0.15, 0.2) is 0 Å². The highest BCUT2D eigenvalue weighted by molar-refractivity contribution is 5.85. The van der Waals surface area contributed by atoms with Crippen LogP contribution in [0.3, 0.4) is 0 Å². The molecule has 2 amide bonds. The van der Waals surface area contributed by atoms with Gasteiger partial charge in [0, 0.05) is 43.0 Å². The number of halogens is 2. The first-order valence-corrected chi connectivity index (χ1v) is 8.17. The van der Waals surface area contributed by atoms with Gasteiger partial charge in [-0.3, -0.25) is 9.59 Å². The predicted molar refractivity (Wildman–Crippen MR) is 87.6 cm³/mol. The van der Waals surface area contributed by atoms with E-state index in [4.69, 9.17) is 0 Å². The zero-order valence-corrected chi connectivity index (χ0v) is 13.8. The van der Waals surface area contributed by atoms with Gasteiger partial charge >= 0.3 is 0 Å². The molecule has 0 aliphatic carbocycles. The van der Waals surface area contributed by atoms with Gasteiger partial charge in [0.1, 0.15) is 17.7 Å². The molecule has 0 saturated heterocycles. The molecule has 1 aromatic heterocycles. The van der Waals surface area contributed by atoms with E-state index in [9.17, 15) is 18.4 Å². The first-order valence-electron chi connectivity index (χ1n) is 8.17. The maximum absolute atomic E-state index is 14.4. The van der Waals surface area contributed by atoms with Crippen LogP contribution in [0.1, 0.15) is 30.6 Å². The first kappa shape index (κ1) is 17.1. The summed E-state index contributed by atoms with van der Waals surface area (Å²) < 4.78 is 29.6. The van der Waals surface area contributed by atoms with E-state index in [2.05, 4.69) is 5.32 Å². The quantitative estimate of drug-likeness (QED) is 0.922. The second-order valence-electron chi connectivity index (χ2n) is 5.91. The van der Waals surface area contributed by atoms with Crippen LogP contribution in [0, 0.1) is 11.6 Å². The fraction of sp³-hybridized carbons (Fsp3) is 0.333. The van der Waals surface area contributed by atoms with Crippen LogP contribution >= 0.6 is 0 Å². The molecule has 0 radical (unpaired) electrons. The summed E-state index contributed by atoms with van der Waals surface area (Å²) in [6.07, 6.45) is 2.15. The SMILES string of the molecule is CCC(=O)NCC(=O)N1CCn2cccc2C1c1ccc(F)cc1F. The fourth-order valence-corrected chi connectivity index (χ4v) is 3.10. The second kappa shape index (κ2) is 7.04. The van der Waals surface area contributed by atoms with Gasteiger partial charge in [-0.25, -0.2) is 8.78 Å². The largest absolute Gasteiger partial charge is 0.348 e. The minimum Gasteiger partial charge on any atom is -0.348 e. The van der Waals surface area contributed by atoms with Crippen molar-refractivity contribution in [3.63, 3.8) is 0 Å². The average Bonchev–Trinajstić information content (AvgIpc) is 3.07. The molecule has 1 aromatic carbocycles. The van der Waals surface area contributed by atoms with Gasteiger partial charge in [-0.1, -0.05) is 13.0 Å². The third-order valence-electron chi connectivity index (χ3n) is 4.37. The number of hydrogen-bond donors (Lipinski definition) is 1. The van der Waals surface area contributed by atoms with E-state index in [1.807, 2.05) is 22.9 Å². The molecule has 2 aromatic rings. The van der Waals surface area contributed by atoms with E-state index in [0.29, 0.717) is 13.1 Å². The topological polar surface area (TPSA) is 54.3 Å². The van der Waals surface area contributed by atoms with Gasteiger partial charge in [-0.05, 0) is 18.2 Å². The summed E-state index contributed by atoms with van der Waals surface area (Å²) in [5.74, 6) is -1.89. The monoisotopic (exact) mass is 347 g/mol. The maximum atomic E-state index is 14.4. The van der Waals surface area contributed by atoms with Crippen molar-refractivity contribution in [3.8, 4) is 0 Å². The van der Waals surface area contributed by atoms with Crippen LogP contribution in [0.15, 0.2) is 36.5 Å². The molecule has 0 saturated carbocycles. The van der Waals surface area contributed by atoms with Gasteiger partial charge in [0.25, 0.3) is 0 Å². The lowest BCUT2D eigenvalue weighted by Crippen LogP contribution is -2.46. The van der Waals surface area contributed by atoms with Gasteiger partial charge < -0.3 is 14.8 Å². The maximum Gasteiger partial charge on any atom is 0.242 e. The Morgan fingerprint density at radius 2 is 2.04 bits per heavy atom. The molecule has 132 valence electrons. The Hall–Kier alpha value is -2.70. The van der Waals surface area contributed by atoms with Crippen molar-refractivity contribution in [2.24, 2.45) is 0 Å². The lowest BCUT2D eigenvalue weighted by Gasteiger charge is -2.37. The Bertz CT molecular complexity index is 803. The van der Waals surface area contributed by atoms with Crippen LogP contribution in [0.25, 0.3) is 0 Å². The summed E-state index contributed by atoms with van der Waals surface area (Å²) in [6.45, 7) is 2.51. The highest BCUT2D eigenvalue weighted by atomic mass is 19.1. The number of nitrogens with zero attached hydrogens (tertiary/aromatic N) is 2. The van der Waals surface area contributed by atoms with Crippen LogP contribution < -0.4 is 5.32 Å². The molecule has 1 atom stereocenters. The Kier molecular flexibility index (Phi) is 4.83. The first-order chi connectivity index (χ1) is 12.0. The van der Waals surface area contributed by atoms with Crippen molar-refractivity contribution in [2.75, 3.05) is 13.1 Å². The zero-order chi connectivity index (χ0) is 18.0. The molecular weight excluding hydrogens is 328 g/mol. The zero-order valence-electron chi connectivity index (χ0n) is 13.8. The summed E-state index contributed by atoms with van der Waals surface area (Å²) in [6, 6.07) is 6.35. The van der Waals surface area contributed by atoms with E-state index >= 15 is 0 Å². The molecule has 0 bridgehead atoms. The Labute approximate surface area is 144 Å². The van der Waals surface area contributed by atoms with Crippen molar-refractivity contribution in [1.29, 1.82) is 0 Å². The number of rotatable bonds is 4. The molecule has 3 rings (SSSR count). The number of nitrogens with one attached hydrogen (secondary N) is 1. The van der Waals surface area contributed by atoms with Crippen molar-refractivity contribution >= 4 is 11.8 Å². The molecule has 1 unspecified atom stereocenters. The Morgan fingerprint density at radius 1 is 1.24 bits per heavy atom. The van der Waals surface area contributed by atoms with E-state index in [1.165, 1.54) is 17.0 Å². The molecule has 1 aliphatic heterocycles. The van der Waals surface area contributed by atoms with E-state index in [0.717, 1.165) is 11.8 Å². The van der Waals surface area contributed by atoms with Crippen LogP contribution in [0.4, 0.5) is 8.78 Å². The number of aromatic nitrogens is 1. The number of fused-ring (bicyclic) bond motifs is 1. The summed E-state index contributed by atoms with van der Waals surface area (Å²) in [4.78, 5) is 25.6. The number of amides is 2. The van der Waals surface area contributed by atoms with Crippen LogP contribution in [-0.4, -0.2) is 34.4 Å². The fourth-order valence-electron chi connectivity index (χ4n) is 3.10. The standard InChI is InChI=1S/C18H19F2N3O2/c1-2-16(24)21-11-17(25)23-9-8-22-7-3-4-15(22)18(23)13-6-5-12(19)10-14(13)20/h3-7,10,18H,2,8-9,11H2,1H3,(H,21,24). The van der Waals surface area contributed by atoms with Gasteiger partial charge in [0.05, 0.1) is 6.54 Å². The lowest BCUT2D eigenvalue weighted by atomic mass is 9.99. The predicted octanol–water partition coefficient (Wildman–Crippen LogP) is 2.22. The van der Waals surface area contributed by atoms with Crippen molar-refractivity contribution in [1.82, 2.24) is 14.8 Å². The van der Waals surface area contributed by atoms with E-state index in [1.54, 1.807) is 6.92 Å². The third-order valence-corrected chi connectivity index (χ3v) is 4.37. The van der Waals surface area contributed by atoms with Crippen molar-refractivity contribution in [3.05, 3.63) is 59.4 Å². The van der Waals surface area contributed by atoms with Crippen molar-refractivity contribution < 1.29 is 18.4 Å².